The third-order valence-corrected chi connectivity index (χ3v) is 4.42. The molecule has 0 radical (unpaired) electrons. The Morgan fingerprint density at radius 3 is 2.47 bits per heavy atom. The summed E-state index contributed by atoms with van der Waals surface area (Å²) in [5, 5.41) is 6.42. The van der Waals surface area contributed by atoms with Gasteiger partial charge < -0.3 is 25.0 Å². The molecule has 2 aromatic rings. The molecular formula is C21H29F2IN4O2. The smallest absolute Gasteiger partial charge is 0.387 e. The molecule has 0 saturated carbocycles. The Morgan fingerprint density at radius 1 is 1.10 bits per heavy atom. The summed E-state index contributed by atoms with van der Waals surface area (Å²) < 4.78 is 35.0. The molecule has 30 heavy (non-hydrogen) atoms. The lowest BCUT2D eigenvalue weighted by molar-refractivity contribution is -0.0504. The highest BCUT2D eigenvalue weighted by atomic mass is 127. The minimum absolute atomic E-state index is 0. The minimum atomic E-state index is -2.86. The number of benzene rings is 2. The van der Waals surface area contributed by atoms with Gasteiger partial charge in [0.25, 0.3) is 0 Å². The Morgan fingerprint density at radius 2 is 1.83 bits per heavy atom. The van der Waals surface area contributed by atoms with Crippen LogP contribution in [0.5, 0.6) is 11.5 Å². The standard InChI is InChI=1S/C21H28F2N4O2.HI/c1-24-21(25-13-16-8-5-6-11-19(16)29-20(22)23)26-14-18(27(2)3)15-9-7-10-17(12-15)28-4;/h5-12,18,20H,13-14H2,1-4H3,(H2,24,25,26);1H. The second kappa shape index (κ2) is 13.2. The van der Waals surface area contributed by atoms with Gasteiger partial charge >= 0.3 is 6.61 Å². The van der Waals surface area contributed by atoms with Crippen LogP contribution in [0.4, 0.5) is 8.78 Å². The maximum Gasteiger partial charge on any atom is 0.387 e. The molecule has 0 aliphatic rings. The first-order chi connectivity index (χ1) is 13.9. The molecule has 6 nitrogen and oxygen atoms in total. The van der Waals surface area contributed by atoms with Gasteiger partial charge in [0.1, 0.15) is 11.5 Å². The van der Waals surface area contributed by atoms with Crippen molar-refractivity contribution in [2.45, 2.75) is 19.2 Å². The summed E-state index contributed by atoms with van der Waals surface area (Å²) in [6.45, 7) is -1.97. The fourth-order valence-electron chi connectivity index (χ4n) is 2.90. The van der Waals surface area contributed by atoms with Gasteiger partial charge in [0, 0.05) is 25.7 Å². The topological polar surface area (TPSA) is 58.1 Å². The zero-order valence-corrected chi connectivity index (χ0v) is 19.9. The van der Waals surface area contributed by atoms with Crippen LogP contribution < -0.4 is 20.1 Å². The van der Waals surface area contributed by atoms with Gasteiger partial charge in [-0.05, 0) is 37.9 Å². The van der Waals surface area contributed by atoms with Gasteiger partial charge in [0.15, 0.2) is 5.96 Å². The van der Waals surface area contributed by atoms with Crippen LogP contribution in [-0.4, -0.2) is 52.3 Å². The quantitative estimate of drug-likeness (QED) is 0.291. The van der Waals surface area contributed by atoms with Crippen molar-refractivity contribution in [1.82, 2.24) is 15.5 Å². The van der Waals surface area contributed by atoms with E-state index in [0.29, 0.717) is 24.6 Å². The molecule has 2 N–H and O–H groups in total. The van der Waals surface area contributed by atoms with E-state index in [1.165, 1.54) is 6.07 Å². The van der Waals surface area contributed by atoms with Crippen LogP contribution in [-0.2, 0) is 6.54 Å². The molecule has 0 fully saturated rings. The van der Waals surface area contributed by atoms with E-state index in [1.807, 2.05) is 38.4 Å². The largest absolute Gasteiger partial charge is 0.497 e. The van der Waals surface area contributed by atoms with Gasteiger partial charge in [-0.1, -0.05) is 30.3 Å². The zero-order chi connectivity index (χ0) is 21.2. The number of alkyl halides is 2. The first kappa shape index (κ1) is 25.9. The van der Waals surface area contributed by atoms with Crippen molar-refractivity contribution in [2.75, 3.05) is 34.8 Å². The minimum Gasteiger partial charge on any atom is -0.497 e. The number of rotatable bonds is 9. The van der Waals surface area contributed by atoms with E-state index in [4.69, 9.17) is 4.74 Å². The third kappa shape index (κ3) is 7.94. The lowest BCUT2D eigenvalue weighted by atomic mass is 10.1. The summed E-state index contributed by atoms with van der Waals surface area (Å²) in [6, 6.07) is 14.7. The van der Waals surface area contributed by atoms with Crippen LogP contribution in [0.1, 0.15) is 17.2 Å². The number of guanidine groups is 1. The Hall–Kier alpha value is -2.14. The lowest BCUT2D eigenvalue weighted by Crippen LogP contribution is -2.41. The van der Waals surface area contributed by atoms with Crippen molar-refractivity contribution in [3.63, 3.8) is 0 Å². The highest BCUT2D eigenvalue weighted by Crippen LogP contribution is 2.22. The second-order valence-electron chi connectivity index (χ2n) is 6.55. The highest BCUT2D eigenvalue weighted by molar-refractivity contribution is 14.0. The molecule has 1 unspecified atom stereocenters. The number of aliphatic imine (C=N–C) groups is 1. The Labute approximate surface area is 193 Å². The zero-order valence-electron chi connectivity index (χ0n) is 17.6. The molecule has 0 aliphatic heterocycles. The predicted octanol–water partition coefficient (Wildman–Crippen LogP) is 3.88. The van der Waals surface area contributed by atoms with E-state index in [2.05, 4.69) is 25.3 Å². The van der Waals surface area contributed by atoms with Crippen LogP contribution in [0.25, 0.3) is 0 Å². The maximum atomic E-state index is 12.6. The normalized spacial score (nSPS) is 12.3. The molecular weight excluding hydrogens is 505 g/mol. The van der Waals surface area contributed by atoms with Gasteiger partial charge in [0.05, 0.1) is 13.2 Å². The fraction of sp³-hybridized carbons (Fsp3) is 0.381. The molecule has 0 amide bonds. The van der Waals surface area contributed by atoms with Gasteiger partial charge in [-0.15, -0.1) is 24.0 Å². The molecule has 0 aliphatic carbocycles. The molecule has 0 saturated heterocycles. The van der Waals surface area contributed by atoms with Crippen LogP contribution >= 0.6 is 24.0 Å². The number of nitrogens with one attached hydrogen (secondary N) is 2. The Balaban J connectivity index is 0.00000450. The summed E-state index contributed by atoms with van der Waals surface area (Å²) in [7, 11) is 7.30. The summed E-state index contributed by atoms with van der Waals surface area (Å²) in [5.41, 5.74) is 1.72. The molecule has 9 heteroatoms. The molecule has 0 aromatic heterocycles. The molecule has 166 valence electrons. The Kier molecular flexibility index (Phi) is 11.4. The number of likely N-dealkylation sites (N-methyl/N-ethyl adjacent to an activating group) is 1. The summed E-state index contributed by atoms with van der Waals surface area (Å²) in [4.78, 5) is 6.31. The number of nitrogens with zero attached hydrogens (tertiary/aromatic N) is 2. The second-order valence-corrected chi connectivity index (χ2v) is 6.55. The van der Waals surface area contributed by atoms with Crippen molar-refractivity contribution < 1.29 is 18.3 Å². The van der Waals surface area contributed by atoms with Crippen molar-refractivity contribution in [1.29, 1.82) is 0 Å². The summed E-state index contributed by atoms with van der Waals surface area (Å²) in [5.74, 6) is 1.51. The van der Waals surface area contributed by atoms with Crippen LogP contribution in [0.2, 0.25) is 0 Å². The molecule has 0 bridgehead atoms. The van der Waals surface area contributed by atoms with Crippen LogP contribution in [0, 0.1) is 0 Å². The van der Waals surface area contributed by atoms with Crippen molar-refractivity contribution in [3.8, 4) is 11.5 Å². The van der Waals surface area contributed by atoms with Crippen molar-refractivity contribution in [3.05, 3.63) is 59.7 Å². The maximum absolute atomic E-state index is 12.6. The van der Waals surface area contributed by atoms with Crippen LogP contribution in [0.15, 0.2) is 53.5 Å². The number of hydrogen-bond donors (Lipinski definition) is 2. The number of methoxy groups -OCH3 is 1. The summed E-state index contributed by atoms with van der Waals surface area (Å²) >= 11 is 0. The molecule has 0 heterocycles. The van der Waals surface area contributed by atoms with Gasteiger partial charge in [-0.25, -0.2) is 0 Å². The van der Waals surface area contributed by atoms with Crippen LogP contribution in [0.3, 0.4) is 0 Å². The van der Waals surface area contributed by atoms with Crippen molar-refractivity contribution in [2.24, 2.45) is 4.99 Å². The van der Waals surface area contributed by atoms with E-state index >= 15 is 0 Å². The molecule has 2 rings (SSSR count). The molecule has 2 aromatic carbocycles. The molecule has 1 atom stereocenters. The van der Waals surface area contributed by atoms with E-state index in [-0.39, 0.29) is 35.8 Å². The van der Waals surface area contributed by atoms with Gasteiger partial charge in [-0.2, -0.15) is 8.78 Å². The fourth-order valence-corrected chi connectivity index (χ4v) is 2.90. The number of hydrogen-bond acceptors (Lipinski definition) is 4. The SMILES string of the molecule is CN=C(NCc1ccccc1OC(F)F)NCC(c1cccc(OC)c1)N(C)C.I. The van der Waals surface area contributed by atoms with Gasteiger partial charge in [-0.3, -0.25) is 4.99 Å². The third-order valence-electron chi connectivity index (χ3n) is 4.42. The highest BCUT2D eigenvalue weighted by Gasteiger charge is 2.16. The van der Waals surface area contributed by atoms with Gasteiger partial charge in [0.2, 0.25) is 0 Å². The molecule has 0 spiro atoms. The van der Waals surface area contributed by atoms with E-state index in [1.54, 1.807) is 32.4 Å². The average molecular weight is 534 g/mol. The monoisotopic (exact) mass is 534 g/mol. The van der Waals surface area contributed by atoms with E-state index < -0.39 is 6.61 Å². The number of para-hydroxylation sites is 1. The first-order valence-electron chi connectivity index (χ1n) is 9.22. The number of halogens is 3. The predicted molar refractivity (Wildman–Crippen MR) is 126 cm³/mol. The average Bonchev–Trinajstić information content (AvgIpc) is 2.71. The van der Waals surface area contributed by atoms with E-state index in [9.17, 15) is 8.78 Å². The number of ether oxygens (including phenoxy) is 2. The van der Waals surface area contributed by atoms with E-state index in [0.717, 1.165) is 11.3 Å². The van der Waals surface area contributed by atoms with Crippen molar-refractivity contribution >= 4 is 29.9 Å². The Bertz CT molecular complexity index is 806. The summed E-state index contributed by atoms with van der Waals surface area (Å²) in [6.07, 6.45) is 0. The first-order valence-corrected chi connectivity index (χ1v) is 9.22. The lowest BCUT2D eigenvalue weighted by Gasteiger charge is -2.26.